The first-order valence-corrected chi connectivity index (χ1v) is 9.68. The number of anilines is 1. The van der Waals surface area contributed by atoms with E-state index in [1.807, 2.05) is 4.72 Å². The minimum atomic E-state index is -3.93. The molecular formula is C19H22N2O4S. The quantitative estimate of drug-likeness (QED) is 0.767. The Bertz CT molecular complexity index is 989. The number of aliphatic hydroxyl groups is 1. The van der Waals surface area contributed by atoms with Crippen LogP contribution >= 0.6 is 0 Å². The van der Waals surface area contributed by atoms with Gasteiger partial charge in [-0.25, -0.2) is 9.03 Å². The van der Waals surface area contributed by atoms with Crippen LogP contribution in [0.5, 0.6) is 5.75 Å². The van der Waals surface area contributed by atoms with Crippen LogP contribution in [0.3, 0.4) is 0 Å². The molecule has 0 aromatic heterocycles. The number of rotatable bonds is 3. The lowest BCUT2D eigenvalue weighted by molar-refractivity contribution is 0.392. The standard InChI is InChI=1S/C19H22N2O4S/c1-11-7-12(2)19(13(3)8-11)14(4)15-5-6-16(17(22)9-15)21-10-18(23)20-26(21,24)25/h5-10,14,20,22-23H,1-4H3. The predicted octanol–water partition coefficient (Wildman–Crippen LogP) is 3.48. The van der Waals surface area contributed by atoms with E-state index in [1.165, 1.54) is 28.3 Å². The van der Waals surface area contributed by atoms with Gasteiger partial charge in [0.15, 0.2) is 0 Å². The maximum Gasteiger partial charge on any atom is 0.330 e. The van der Waals surface area contributed by atoms with Gasteiger partial charge in [-0.2, -0.15) is 8.42 Å². The van der Waals surface area contributed by atoms with Crippen LogP contribution in [0.15, 0.2) is 42.4 Å². The number of aliphatic hydroxyl groups excluding tert-OH is 1. The molecule has 0 bridgehead atoms. The van der Waals surface area contributed by atoms with Crippen LogP contribution in [0.1, 0.15) is 40.7 Å². The third-order valence-corrected chi connectivity index (χ3v) is 5.93. The zero-order chi connectivity index (χ0) is 19.2. The van der Waals surface area contributed by atoms with Crippen molar-refractivity contribution in [3.63, 3.8) is 0 Å². The molecule has 138 valence electrons. The van der Waals surface area contributed by atoms with Gasteiger partial charge in [0.25, 0.3) is 0 Å². The zero-order valence-corrected chi connectivity index (χ0v) is 15.9. The maximum absolute atomic E-state index is 12.0. The van der Waals surface area contributed by atoms with E-state index >= 15 is 0 Å². The van der Waals surface area contributed by atoms with E-state index < -0.39 is 16.1 Å². The van der Waals surface area contributed by atoms with Gasteiger partial charge in [0.05, 0.1) is 6.20 Å². The van der Waals surface area contributed by atoms with Gasteiger partial charge < -0.3 is 10.2 Å². The van der Waals surface area contributed by atoms with Gasteiger partial charge in [-0.05, 0) is 55.2 Å². The Balaban J connectivity index is 2.01. The second kappa shape index (κ2) is 6.25. The fourth-order valence-electron chi connectivity index (χ4n) is 3.62. The lowest BCUT2D eigenvalue weighted by Gasteiger charge is -2.21. The number of phenolic OH excluding ortho intramolecular Hbond substituents is 1. The number of phenols is 1. The summed E-state index contributed by atoms with van der Waals surface area (Å²) in [6.45, 7) is 8.24. The molecule has 1 aliphatic heterocycles. The highest BCUT2D eigenvalue weighted by Gasteiger charge is 2.30. The zero-order valence-electron chi connectivity index (χ0n) is 15.1. The molecule has 3 rings (SSSR count). The van der Waals surface area contributed by atoms with Crippen molar-refractivity contribution in [1.29, 1.82) is 0 Å². The molecule has 1 atom stereocenters. The van der Waals surface area contributed by atoms with Gasteiger partial charge in [0.1, 0.15) is 11.4 Å². The van der Waals surface area contributed by atoms with Crippen LogP contribution in [-0.4, -0.2) is 18.6 Å². The largest absolute Gasteiger partial charge is 0.506 e. The first-order chi connectivity index (χ1) is 12.1. The predicted molar refractivity (Wildman–Crippen MR) is 102 cm³/mol. The molecule has 0 fully saturated rings. The van der Waals surface area contributed by atoms with Crippen LogP contribution < -0.4 is 9.03 Å². The van der Waals surface area contributed by atoms with E-state index in [9.17, 15) is 18.6 Å². The van der Waals surface area contributed by atoms with Crippen LogP contribution in [0, 0.1) is 20.8 Å². The van der Waals surface area contributed by atoms with Gasteiger partial charge >= 0.3 is 10.2 Å². The first kappa shape index (κ1) is 18.1. The topological polar surface area (TPSA) is 89.9 Å². The van der Waals surface area contributed by atoms with E-state index in [0.717, 1.165) is 16.1 Å². The van der Waals surface area contributed by atoms with Gasteiger partial charge in [0.2, 0.25) is 5.88 Å². The fraction of sp³-hybridized carbons (Fsp3) is 0.263. The highest BCUT2D eigenvalue weighted by atomic mass is 32.2. The average molecular weight is 374 g/mol. The van der Waals surface area contributed by atoms with Crippen molar-refractivity contribution in [3.8, 4) is 5.75 Å². The molecule has 0 amide bonds. The molecule has 2 aromatic carbocycles. The van der Waals surface area contributed by atoms with Gasteiger partial charge in [-0.15, -0.1) is 0 Å². The van der Waals surface area contributed by atoms with Crippen molar-refractivity contribution in [2.75, 3.05) is 4.31 Å². The molecule has 3 N–H and O–H groups in total. The summed E-state index contributed by atoms with van der Waals surface area (Å²) in [5.41, 5.74) is 5.70. The molecule has 26 heavy (non-hydrogen) atoms. The summed E-state index contributed by atoms with van der Waals surface area (Å²) in [4.78, 5) is 0. The lowest BCUT2D eigenvalue weighted by Crippen LogP contribution is -2.29. The van der Waals surface area contributed by atoms with Crippen molar-refractivity contribution in [2.45, 2.75) is 33.6 Å². The van der Waals surface area contributed by atoms with Gasteiger partial charge in [-0.3, -0.25) is 0 Å². The van der Waals surface area contributed by atoms with Crippen molar-refractivity contribution in [1.82, 2.24) is 4.72 Å². The monoisotopic (exact) mass is 374 g/mol. The summed E-state index contributed by atoms with van der Waals surface area (Å²) in [5, 5.41) is 19.8. The second-order valence-corrected chi connectivity index (χ2v) is 8.25. The third kappa shape index (κ3) is 3.10. The highest BCUT2D eigenvalue weighted by Crippen LogP contribution is 2.37. The fourth-order valence-corrected chi connectivity index (χ4v) is 4.69. The van der Waals surface area contributed by atoms with Crippen LogP contribution in [0.25, 0.3) is 0 Å². The van der Waals surface area contributed by atoms with Crippen LogP contribution in [0.2, 0.25) is 0 Å². The molecule has 0 aliphatic carbocycles. The van der Waals surface area contributed by atoms with Crippen molar-refractivity contribution in [2.24, 2.45) is 0 Å². The molecule has 1 unspecified atom stereocenters. The van der Waals surface area contributed by atoms with Crippen molar-refractivity contribution in [3.05, 3.63) is 70.2 Å². The summed E-state index contributed by atoms with van der Waals surface area (Å²) < 4.78 is 26.7. The molecule has 0 spiro atoms. The number of nitrogens with zero attached hydrogens (tertiary/aromatic N) is 1. The summed E-state index contributed by atoms with van der Waals surface area (Å²) in [6.07, 6.45) is 1.02. The van der Waals surface area contributed by atoms with Gasteiger partial charge in [0, 0.05) is 5.92 Å². The summed E-state index contributed by atoms with van der Waals surface area (Å²) in [7, 11) is -3.93. The summed E-state index contributed by atoms with van der Waals surface area (Å²) >= 11 is 0. The maximum atomic E-state index is 12.0. The highest BCUT2D eigenvalue weighted by molar-refractivity contribution is 7.91. The molecular weight excluding hydrogens is 352 g/mol. The van der Waals surface area contributed by atoms with E-state index in [-0.39, 0.29) is 17.4 Å². The molecule has 1 aliphatic rings. The number of hydrogen-bond donors (Lipinski definition) is 3. The van der Waals surface area contributed by atoms with Gasteiger partial charge in [-0.1, -0.05) is 30.7 Å². The minimum absolute atomic E-state index is 0.0350. The Kier molecular flexibility index (Phi) is 4.36. The van der Waals surface area contributed by atoms with E-state index in [0.29, 0.717) is 0 Å². The molecule has 1 heterocycles. The molecule has 0 saturated heterocycles. The van der Waals surface area contributed by atoms with E-state index in [1.54, 1.807) is 12.1 Å². The number of hydrogen-bond acceptors (Lipinski definition) is 4. The number of aryl methyl sites for hydroxylation is 3. The molecule has 6 nitrogen and oxygen atoms in total. The normalized spacial score (nSPS) is 16.9. The smallest absolute Gasteiger partial charge is 0.330 e. The number of aromatic hydroxyl groups is 1. The third-order valence-electron chi connectivity index (χ3n) is 4.64. The average Bonchev–Trinajstić information content (AvgIpc) is 2.78. The second-order valence-electron chi connectivity index (χ2n) is 6.70. The van der Waals surface area contributed by atoms with Crippen LogP contribution in [-0.2, 0) is 10.2 Å². The van der Waals surface area contributed by atoms with Crippen molar-refractivity contribution < 1.29 is 18.6 Å². The minimum Gasteiger partial charge on any atom is -0.506 e. The Morgan fingerprint density at radius 2 is 1.65 bits per heavy atom. The molecule has 0 radical (unpaired) electrons. The Morgan fingerprint density at radius 1 is 1.04 bits per heavy atom. The van der Waals surface area contributed by atoms with E-state index in [2.05, 4.69) is 39.8 Å². The first-order valence-electron chi connectivity index (χ1n) is 8.24. The molecule has 0 saturated carbocycles. The Morgan fingerprint density at radius 3 is 2.15 bits per heavy atom. The molecule has 7 heteroatoms. The SMILES string of the molecule is Cc1cc(C)c(C(C)c2ccc(N3C=C(O)NS3(=O)=O)c(O)c2)c(C)c1. The number of benzene rings is 2. The Hall–Kier alpha value is -2.67. The summed E-state index contributed by atoms with van der Waals surface area (Å²) in [6, 6.07) is 9.15. The summed E-state index contributed by atoms with van der Waals surface area (Å²) in [5.74, 6) is -0.631. The number of nitrogens with one attached hydrogen (secondary N) is 1. The lowest BCUT2D eigenvalue weighted by atomic mass is 9.86. The molecule has 2 aromatic rings. The van der Waals surface area contributed by atoms with Crippen molar-refractivity contribution >= 4 is 15.9 Å². The van der Waals surface area contributed by atoms with E-state index in [4.69, 9.17) is 0 Å². The van der Waals surface area contributed by atoms with Crippen LogP contribution in [0.4, 0.5) is 5.69 Å². The Labute approximate surface area is 153 Å².